The van der Waals surface area contributed by atoms with Gasteiger partial charge in [-0.25, -0.2) is 19.0 Å². The Bertz CT molecular complexity index is 1100. The third-order valence-corrected chi connectivity index (χ3v) is 3.90. The SMILES string of the molecule is Fc1ccccc1Cn1nc(-c2nc(CC(F)(F)F)n[nH]2)c2cccnc21. The van der Waals surface area contributed by atoms with E-state index in [-0.39, 0.29) is 24.0 Å². The smallest absolute Gasteiger partial charge is 0.258 e. The van der Waals surface area contributed by atoms with E-state index in [2.05, 4.69) is 25.3 Å². The molecule has 4 aromatic rings. The van der Waals surface area contributed by atoms with Crippen LogP contribution in [-0.4, -0.2) is 36.1 Å². The molecule has 0 spiro atoms. The fourth-order valence-corrected chi connectivity index (χ4v) is 2.74. The summed E-state index contributed by atoms with van der Waals surface area (Å²) in [6.45, 7) is 0.115. The highest BCUT2D eigenvalue weighted by molar-refractivity contribution is 5.89. The zero-order valence-electron chi connectivity index (χ0n) is 13.7. The molecule has 0 radical (unpaired) electrons. The fourth-order valence-electron chi connectivity index (χ4n) is 2.74. The lowest BCUT2D eigenvalue weighted by Gasteiger charge is -2.04. The summed E-state index contributed by atoms with van der Waals surface area (Å²) >= 11 is 0. The van der Waals surface area contributed by atoms with Crippen molar-refractivity contribution in [3.8, 4) is 11.5 Å². The molecular weight excluding hydrogens is 364 g/mol. The molecule has 3 heterocycles. The number of alkyl halides is 3. The number of nitrogens with one attached hydrogen (secondary N) is 1. The van der Waals surface area contributed by atoms with E-state index in [4.69, 9.17) is 0 Å². The van der Waals surface area contributed by atoms with Crippen molar-refractivity contribution in [2.45, 2.75) is 19.1 Å². The van der Waals surface area contributed by atoms with Gasteiger partial charge in [0.2, 0.25) is 0 Å². The van der Waals surface area contributed by atoms with Gasteiger partial charge in [0.15, 0.2) is 17.3 Å². The second-order valence-corrected chi connectivity index (χ2v) is 5.86. The second kappa shape index (κ2) is 6.45. The van der Waals surface area contributed by atoms with Crippen molar-refractivity contribution in [2.75, 3.05) is 0 Å². The molecule has 1 N–H and O–H groups in total. The average Bonchev–Trinajstić information content (AvgIpc) is 3.20. The van der Waals surface area contributed by atoms with Crippen LogP contribution in [0.15, 0.2) is 42.6 Å². The molecule has 0 atom stereocenters. The molecule has 3 aromatic heterocycles. The molecule has 0 fully saturated rings. The first-order valence-corrected chi connectivity index (χ1v) is 7.94. The van der Waals surface area contributed by atoms with E-state index in [1.165, 1.54) is 10.7 Å². The van der Waals surface area contributed by atoms with Crippen LogP contribution < -0.4 is 0 Å². The zero-order valence-corrected chi connectivity index (χ0v) is 13.7. The number of hydrogen-bond donors (Lipinski definition) is 1. The Kier molecular flexibility index (Phi) is 4.09. The summed E-state index contributed by atoms with van der Waals surface area (Å²) < 4.78 is 53.0. The van der Waals surface area contributed by atoms with Crippen LogP contribution in [0.5, 0.6) is 0 Å². The van der Waals surface area contributed by atoms with Crippen molar-refractivity contribution < 1.29 is 17.6 Å². The summed E-state index contributed by atoms with van der Waals surface area (Å²) in [5, 5.41) is 11.0. The predicted molar refractivity (Wildman–Crippen MR) is 88.2 cm³/mol. The monoisotopic (exact) mass is 376 g/mol. The first-order chi connectivity index (χ1) is 12.9. The van der Waals surface area contributed by atoms with E-state index in [0.717, 1.165) is 0 Å². The third-order valence-electron chi connectivity index (χ3n) is 3.90. The highest BCUT2D eigenvalue weighted by Crippen LogP contribution is 2.26. The molecule has 27 heavy (non-hydrogen) atoms. The Morgan fingerprint density at radius 3 is 2.67 bits per heavy atom. The van der Waals surface area contributed by atoms with E-state index in [1.54, 1.807) is 36.5 Å². The van der Waals surface area contributed by atoms with Gasteiger partial charge < -0.3 is 0 Å². The minimum Gasteiger partial charge on any atom is -0.258 e. The molecule has 1 aromatic carbocycles. The van der Waals surface area contributed by atoms with Gasteiger partial charge in [0.1, 0.15) is 17.9 Å². The molecule has 10 heteroatoms. The number of fused-ring (bicyclic) bond motifs is 1. The number of H-pyrrole nitrogens is 1. The maximum Gasteiger partial charge on any atom is 0.396 e. The highest BCUT2D eigenvalue weighted by Gasteiger charge is 2.30. The van der Waals surface area contributed by atoms with Crippen molar-refractivity contribution in [1.29, 1.82) is 0 Å². The lowest BCUT2D eigenvalue weighted by Crippen LogP contribution is -2.12. The van der Waals surface area contributed by atoms with E-state index in [9.17, 15) is 17.6 Å². The number of aromatic amines is 1. The number of benzene rings is 1. The summed E-state index contributed by atoms with van der Waals surface area (Å²) in [7, 11) is 0. The number of pyridine rings is 1. The Balaban J connectivity index is 1.75. The summed E-state index contributed by atoms with van der Waals surface area (Å²) in [4.78, 5) is 8.14. The fraction of sp³-hybridized carbons (Fsp3) is 0.176. The van der Waals surface area contributed by atoms with Crippen LogP contribution in [-0.2, 0) is 13.0 Å². The van der Waals surface area contributed by atoms with E-state index < -0.39 is 12.6 Å². The van der Waals surface area contributed by atoms with Gasteiger partial charge in [-0.05, 0) is 18.2 Å². The van der Waals surface area contributed by atoms with E-state index in [1.807, 2.05) is 0 Å². The molecule has 4 rings (SSSR count). The molecule has 0 saturated carbocycles. The first kappa shape index (κ1) is 17.1. The van der Waals surface area contributed by atoms with Crippen LogP contribution in [0, 0.1) is 5.82 Å². The van der Waals surface area contributed by atoms with Crippen molar-refractivity contribution in [3.05, 3.63) is 59.8 Å². The van der Waals surface area contributed by atoms with Crippen molar-refractivity contribution in [3.63, 3.8) is 0 Å². The lowest BCUT2D eigenvalue weighted by molar-refractivity contribution is -0.128. The van der Waals surface area contributed by atoms with Crippen LogP contribution in [0.1, 0.15) is 11.4 Å². The van der Waals surface area contributed by atoms with Crippen LogP contribution in [0.3, 0.4) is 0 Å². The maximum absolute atomic E-state index is 14.0. The van der Waals surface area contributed by atoms with Gasteiger partial charge in [0.05, 0.1) is 11.9 Å². The topological polar surface area (TPSA) is 72.3 Å². The lowest BCUT2D eigenvalue weighted by atomic mass is 10.2. The van der Waals surface area contributed by atoms with Gasteiger partial charge in [-0.15, -0.1) is 0 Å². The van der Waals surface area contributed by atoms with Gasteiger partial charge in [0.25, 0.3) is 0 Å². The zero-order chi connectivity index (χ0) is 19.0. The minimum absolute atomic E-state index is 0.0968. The predicted octanol–water partition coefficient (Wildman–Crippen LogP) is 3.51. The van der Waals surface area contributed by atoms with Gasteiger partial charge in [0, 0.05) is 11.8 Å². The van der Waals surface area contributed by atoms with Crippen LogP contribution in [0.25, 0.3) is 22.6 Å². The van der Waals surface area contributed by atoms with Gasteiger partial charge in [-0.1, -0.05) is 18.2 Å². The van der Waals surface area contributed by atoms with Crippen molar-refractivity contribution in [1.82, 2.24) is 29.9 Å². The summed E-state index contributed by atoms with van der Waals surface area (Å²) in [6.07, 6.45) is -4.09. The molecule has 0 aliphatic carbocycles. The van der Waals surface area contributed by atoms with Crippen molar-refractivity contribution in [2.24, 2.45) is 0 Å². The third kappa shape index (κ3) is 3.50. The molecule has 0 aliphatic rings. The highest BCUT2D eigenvalue weighted by atomic mass is 19.4. The quantitative estimate of drug-likeness (QED) is 0.554. The van der Waals surface area contributed by atoms with Crippen LogP contribution in [0.2, 0.25) is 0 Å². The first-order valence-electron chi connectivity index (χ1n) is 7.94. The number of aromatic nitrogens is 6. The molecule has 0 unspecified atom stereocenters. The molecular formula is C17H12F4N6. The molecule has 6 nitrogen and oxygen atoms in total. The summed E-state index contributed by atoms with van der Waals surface area (Å²) in [6, 6.07) is 9.65. The maximum atomic E-state index is 14.0. The largest absolute Gasteiger partial charge is 0.396 e. The Morgan fingerprint density at radius 2 is 1.89 bits per heavy atom. The van der Waals surface area contributed by atoms with Crippen LogP contribution in [0.4, 0.5) is 17.6 Å². The molecule has 0 saturated heterocycles. The molecule has 138 valence electrons. The Labute approximate surface area is 149 Å². The normalized spacial score (nSPS) is 12.0. The van der Waals surface area contributed by atoms with Crippen LogP contribution >= 0.6 is 0 Å². The Morgan fingerprint density at radius 1 is 1.07 bits per heavy atom. The molecule has 0 aliphatic heterocycles. The number of rotatable bonds is 4. The van der Waals surface area contributed by atoms with Crippen molar-refractivity contribution >= 4 is 11.0 Å². The molecule has 0 bridgehead atoms. The number of hydrogen-bond acceptors (Lipinski definition) is 4. The summed E-state index contributed by atoms with van der Waals surface area (Å²) in [5.41, 5.74) is 1.18. The summed E-state index contributed by atoms with van der Waals surface area (Å²) in [5.74, 6) is -0.663. The van der Waals surface area contributed by atoms with E-state index >= 15 is 0 Å². The minimum atomic E-state index is -4.41. The number of halogens is 4. The average molecular weight is 376 g/mol. The standard InChI is InChI=1S/C17H12F4N6/c18-12-6-2-1-4-10(12)9-27-16-11(5-3-7-22-16)14(26-27)15-23-13(24-25-15)8-17(19,20)21/h1-7H,8-9H2,(H,23,24,25). The van der Waals surface area contributed by atoms with Gasteiger partial charge >= 0.3 is 6.18 Å². The van der Waals surface area contributed by atoms with E-state index in [0.29, 0.717) is 22.3 Å². The molecule has 0 amide bonds. The van der Waals surface area contributed by atoms with Gasteiger partial charge in [-0.3, -0.25) is 5.10 Å². The Hall–Kier alpha value is -3.30. The number of nitrogens with zero attached hydrogens (tertiary/aromatic N) is 5. The second-order valence-electron chi connectivity index (χ2n) is 5.86. The van der Waals surface area contributed by atoms with Gasteiger partial charge in [-0.2, -0.15) is 23.4 Å².